The van der Waals surface area contributed by atoms with Gasteiger partial charge in [-0.25, -0.2) is 4.39 Å². The molecule has 1 nitrogen and oxygen atoms in total. The van der Waals surface area contributed by atoms with E-state index in [0.717, 1.165) is 24.8 Å². The summed E-state index contributed by atoms with van der Waals surface area (Å²) in [5, 5.41) is 0. The Kier molecular flexibility index (Phi) is 2.32. The third-order valence-electron chi connectivity index (χ3n) is 2.79. The van der Waals surface area contributed by atoms with Gasteiger partial charge in [-0.15, -0.1) is 0 Å². The molecule has 2 atom stereocenters. The van der Waals surface area contributed by atoms with Gasteiger partial charge in [0.05, 0.1) is 0 Å². The Morgan fingerprint density at radius 1 is 1.31 bits per heavy atom. The maximum absolute atomic E-state index is 12.9. The average molecular weight is 179 g/mol. The van der Waals surface area contributed by atoms with E-state index in [4.69, 9.17) is 5.73 Å². The van der Waals surface area contributed by atoms with Gasteiger partial charge >= 0.3 is 0 Å². The first-order valence-corrected chi connectivity index (χ1v) is 4.77. The van der Waals surface area contributed by atoms with Crippen LogP contribution < -0.4 is 5.73 Å². The van der Waals surface area contributed by atoms with Crippen molar-refractivity contribution in [3.8, 4) is 0 Å². The fourth-order valence-electron chi connectivity index (χ4n) is 2.08. The molecule has 2 N–H and O–H groups in total. The maximum atomic E-state index is 12.9. The molecule has 0 aliphatic heterocycles. The minimum absolute atomic E-state index is 0.141. The van der Waals surface area contributed by atoms with E-state index in [1.54, 1.807) is 12.1 Å². The van der Waals surface area contributed by atoms with Crippen molar-refractivity contribution in [3.05, 3.63) is 35.6 Å². The molecule has 0 saturated heterocycles. The number of hydrogen-bond donors (Lipinski definition) is 1. The molecule has 1 aliphatic carbocycles. The zero-order valence-electron chi connectivity index (χ0n) is 7.54. The lowest BCUT2D eigenvalue weighted by molar-refractivity contribution is 0.616. The minimum Gasteiger partial charge on any atom is -0.328 e. The van der Waals surface area contributed by atoms with Crippen LogP contribution in [0.2, 0.25) is 0 Å². The number of nitrogens with two attached hydrogens (primary N) is 1. The highest BCUT2D eigenvalue weighted by Crippen LogP contribution is 2.33. The lowest BCUT2D eigenvalue weighted by Gasteiger charge is -2.09. The molecule has 0 unspecified atom stereocenters. The van der Waals surface area contributed by atoms with Crippen LogP contribution in [0, 0.1) is 5.82 Å². The molecule has 0 bridgehead atoms. The number of hydrogen-bond acceptors (Lipinski definition) is 1. The van der Waals surface area contributed by atoms with E-state index in [0.29, 0.717) is 12.0 Å². The molecule has 2 rings (SSSR count). The van der Waals surface area contributed by atoms with Gasteiger partial charge in [-0.2, -0.15) is 0 Å². The largest absolute Gasteiger partial charge is 0.328 e. The fraction of sp³-hybridized carbons (Fsp3) is 0.455. The Hall–Kier alpha value is -0.890. The van der Waals surface area contributed by atoms with Gasteiger partial charge in [0, 0.05) is 6.04 Å². The molecule has 2 heteroatoms. The van der Waals surface area contributed by atoms with E-state index in [1.807, 2.05) is 6.07 Å². The summed E-state index contributed by atoms with van der Waals surface area (Å²) in [6, 6.07) is 7.19. The van der Waals surface area contributed by atoms with Gasteiger partial charge in [0.25, 0.3) is 0 Å². The third-order valence-corrected chi connectivity index (χ3v) is 2.79. The lowest BCUT2D eigenvalue weighted by atomic mass is 9.97. The Balaban J connectivity index is 2.16. The lowest BCUT2D eigenvalue weighted by Crippen LogP contribution is -2.14. The van der Waals surface area contributed by atoms with Crippen molar-refractivity contribution in [1.82, 2.24) is 0 Å². The second kappa shape index (κ2) is 3.46. The molecule has 13 heavy (non-hydrogen) atoms. The topological polar surface area (TPSA) is 26.0 Å². The van der Waals surface area contributed by atoms with E-state index in [1.165, 1.54) is 6.07 Å². The smallest absolute Gasteiger partial charge is 0.123 e. The summed E-state index contributed by atoms with van der Waals surface area (Å²) in [6.45, 7) is 0. The van der Waals surface area contributed by atoms with Gasteiger partial charge in [-0.05, 0) is 42.9 Å². The normalized spacial score (nSPS) is 27.8. The van der Waals surface area contributed by atoms with Crippen LogP contribution in [-0.4, -0.2) is 6.04 Å². The van der Waals surface area contributed by atoms with Crippen molar-refractivity contribution in [2.75, 3.05) is 0 Å². The first kappa shape index (κ1) is 8.70. The van der Waals surface area contributed by atoms with E-state index in [-0.39, 0.29) is 5.82 Å². The molecule has 0 aromatic heterocycles. The highest BCUT2D eigenvalue weighted by atomic mass is 19.1. The number of benzene rings is 1. The molecule has 0 radical (unpaired) electrons. The van der Waals surface area contributed by atoms with Crippen LogP contribution >= 0.6 is 0 Å². The van der Waals surface area contributed by atoms with Gasteiger partial charge in [0.2, 0.25) is 0 Å². The monoisotopic (exact) mass is 179 g/mol. The molecule has 70 valence electrons. The van der Waals surface area contributed by atoms with Crippen molar-refractivity contribution in [3.63, 3.8) is 0 Å². The number of halogens is 1. The van der Waals surface area contributed by atoms with E-state index in [9.17, 15) is 4.39 Å². The standard InChI is InChI=1S/C11H14FN/c12-10-3-1-2-8(6-10)9-4-5-11(13)7-9/h1-3,6,9,11H,4-5,7,13H2/t9-,11+/m1/s1. The SMILES string of the molecule is N[C@H]1CC[C@@H](c2cccc(F)c2)C1. The van der Waals surface area contributed by atoms with Crippen LogP contribution in [0.1, 0.15) is 30.7 Å². The van der Waals surface area contributed by atoms with Crippen LogP contribution in [0.15, 0.2) is 24.3 Å². The highest BCUT2D eigenvalue weighted by molar-refractivity contribution is 5.22. The Bertz CT molecular complexity index is 298. The molecule has 1 aromatic carbocycles. The second-order valence-electron chi connectivity index (χ2n) is 3.83. The van der Waals surface area contributed by atoms with E-state index < -0.39 is 0 Å². The van der Waals surface area contributed by atoms with Gasteiger partial charge < -0.3 is 5.73 Å². The molecular weight excluding hydrogens is 165 g/mol. The molecule has 1 saturated carbocycles. The summed E-state index contributed by atoms with van der Waals surface area (Å²) in [5.41, 5.74) is 6.91. The molecule has 0 heterocycles. The van der Waals surface area contributed by atoms with E-state index >= 15 is 0 Å². The van der Waals surface area contributed by atoms with Crippen molar-refractivity contribution >= 4 is 0 Å². The molecule has 1 fully saturated rings. The first-order chi connectivity index (χ1) is 6.25. The van der Waals surface area contributed by atoms with Crippen LogP contribution in [0.3, 0.4) is 0 Å². The Morgan fingerprint density at radius 3 is 2.77 bits per heavy atom. The van der Waals surface area contributed by atoms with Gasteiger partial charge in [-0.1, -0.05) is 12.1 Å². The molecule has 0 amide bonds. The first-order valence-electron chi connectivity index (χ1n) is 4.77. The second-order valence-corrected chi connectivity index (χ2v) is 3.83. The predicted molar refractivity (Wildman–Crippen MR) is 51.0 cm³/mol. The zero-order chi connectivity index (χ0) is 9.26. The summed E-state index contributed by atoms with van der Waals surface area (Å²) in [6.07, 6.45) is 3.18. The van der Waals surface area contributed by atoms with Crippen molar-refractivity contribution in [2.24, 2.45) is 5.73 Å². The van der Waals surface area contributed by atoms with Crippen LogP contribution in [0.4, 0.5) is 4.39 Å². The molecule has 0 spiro atoms. The number of rotatable bonds is 1. The van der Waals surface area contributed by atoms with Crippen molar-refractivity contribution in [2.45, 2.75) is 31.2 Å². The predicted octanol–water partition coefficient (Wildman–Crippen LogP) is 2.42. The summed E-state index contributed by atoms with van der Waals surface area (Å²) >= 11 is 0. The van der Waals surface area contributed by atoms with Crippen molar-refractivity contribution in [1.29, 1.82) is 0 Å². The van der Waals surface area contributed by atoms with Gasteiger partial charge in [0.15, 0.2) is 0 Å². The zero-order valence-corrected chi connectivity index (χ0v) is 7.54. The summed E-state index contributed by atoms with van der Waals surface area (Å²) in [5.74, 6) is 0.337. The van der Waals surface area contributed by atoms with Gasteiger partial charge in [-0.3, -0.25) is 0 Å². The summed E-state index contributed by atoms with van der Waals surface area (Å²) < 4.78 is 12.9. The maximum Gasteiger partial charge on any atom is 0.123 e. The highest BCUT2D eigenvalue weighted by Gasteiger charge is 2.22. The average Bonchev–Trinajstić information content (AvgIpc) is 2.52. The third kappa shape index (κ3) is 1.89. The van der Waals surface area contributed by atoms with Crippen LogP contribution in [0.25, 0.3) is 0 Å². The summed E-state index contributed by atoms with van der Waals surface area (Å²) in [4.78, 5) is 0. The quantitative estimate of drug-likeness (QED) is 0.704. The Morgan fingerprint density at radius 2 is 2.15 bits per heavy atom. The molecule has 1 aliphatic rings. The van der Waals surface area contributed by atoms with E-state index in [2.05, 4.69) is 0 Å². The Labute approximate surface area is 77.8 Å². The fourth-order valence-corrected chi connectivity index (χ4v) is 2.08. The van der Waals surface area contributed by atoms with Crippen molar-refractivity contribution < 1.29 is 4.39 Å². The van der Waals surface area contributed by atoms with Crippen LogP contribution in [0.5, 0.6) is 0 Å². The minimum atomic E-state index is -0.141. The van der Waals surface area contributed by atoms with Crippen LogP contribution in [-0.2, 0) is 0 Å². The summed E-state index contributed by atoms with van der Waals surface area (Å²) in [7, 11) is 0. The molecule has 1 aromatic rings. The van der Waals surface area contributed by atoms with Gasteiger partial charge in [0.1, 0.15) is 5.82 Å². The molecular formula is C11H14FN.